The quantitative estimate of drug-likeness (QED) is 0.665. The Bertz CT molecular complexity index is 958. The maximum absolute atomic E-state index is 11.6. The molecule has 0 aromatic heterocycles. The molecule has 0 saturated heterocycles. The summed E-state index contributed by atoms with van der Waals surface area (Å²) in [7, 11) is 0. The minimum Gasteiger partial charge on any atom is -0.481 e. The number of hydrogen-bond donors (Lipinski definition) is 3. The zero-order chi connectivity index (χ0) is 18.0. The number of hydrogen-bond acceptors (Lipinski definition) is 3. The summed E-state index contributed by atoms with van der Waals surface area (Å²) in [5.74, 6) is -2.45. The van der Waals surface area contributed by atoms with E-state index >= 15 is 0 Å². The van der Waals surface area contributed by atoms with Crippen molar-refractivity contribution in [2.24, 2.45) is 0 Å². The fourth-order valence-corrected chi connectivity index (χ4v) is 3.17. The van der Waals surface area contributed by atoms with Crippen molar-refractivity contribution in [3.63, 3.8) is 0 Å². The van der Waals surface area contributed by atoms with E-state index in [1.165, 1.54) is 18.2 Å². The molecular formula is C20H16O5. The maximum atomic E-state index is 11.6. The smallest absolute Gasteiger partial charge is 0.336 e. The first-order valence-corrected chi connectivity index (χ1v) is 7.68. The van der Waals surface area contributed by atoms with Crippen LogP contribution >= 0.6 is 0 Å². The number of benzene rings is 3. The lowest BCUT2D eigenvalue weighted by Crippen LogP contribution is -2.32. The molecule has 3 aromatic rings. The molecule has 0 aliphatic rings. The summed E-state index contributed by atoms with van der Waals surface area (Å²) in [6.07, 6.45) is -0.648. The number of aromatic carboxylic acids is 1. The van der Waals surface area contributed by atoms with Gasteiger partial charge < -0.3 is 15.3 Å². The molecule has 0 fully saturated rings. The Balaban J connectivity index is 2.35. The highest BCUT2D eigenvalue weighted by atomic mass is 16.4. The summed E-state index contributed by atoms with van der Waals surface area (Å²) >= 11 is 0. The zero-order valence-corrected chi connectivity index (χ0v) is 13.2. The van der Waals surface area contributed by atoms with Crippen LogP contribution in [-0.4, -0.2) is 27.3 Å². The van der Waals surface area contributed by atoms with Crippen molar-refractivity contribution in [3.8, 4) is 0 Å². The molecule has 5 nitrogen and oxygen atoms in total. The second kappa shape index (κ2) is 6.37. The van der Waals surface area contributed by atoms with Crippen LogP contribution in [0.25, 0.3) is 10.8 Å². The average molecular weight is 336 g/mol. The van der Waals surface area contributed by atoms with Crippen LogP contribution in [0.2, 0.25) is 0 Å². The Morgan fingerprint density at radius 3 is 2.12 bits per heavy atom. The van der Waals surface area contributed by atoms with E-state index in [-0.39, 0.29) is 11.1 Å². The van der Waals surface area contributed by atoms with E-state index in [4.69, 9.17) is 0 Å². The molecule has 3 rings (SSSR count). The minimum atomic E-state index is -1.97. The molecule has 25 heavy (non-hydrogen) atoms. The van der Waals surface area contributed by atoms with E-state index in [0.29, 0.717) is 10.9 Å². The molecule has 0 saturated carbocycles. The summed E-state index contributed by atoms with van der Waals surface area (Å²) in [6, 6.07) is 18.4. The SMILES string of the molecule is O=C(O)C[C@](O)(c1ccccc1C(=O)O)c1cccc2ccccc12. The van der Waals surface area contributed by atoms with Crippen LogP contribution in [0.3, 0.4) is 0 Å². The third-order valence-electron chi connectivity index (χ3n) is 4.25. The van der Waals surface area contributed by atoms with Gasteiger partial charge >= 0.3 is 11.9 Å². The maximum Gasteiger partial charge on any atom is 0.336 e. The van der Waals surface area contributed by atoms with Crippen molar-refractivity contribution in [3.05, 3.63) is 83.4 Å². The Kier molecular flexibility index (Phi) is 4.25. The third-order valence-corrected chi connectivity index (χ3v) is 4.25. The number of carbonyl (C=O) groups is 2. The number of carboxylic acid groups (broad SMARTS) is 2. The van der Waals surface area contributed by atoms with Crippen molar-refractivity contribution in [2.75, 3.05) is 0 Å². The molecule has 0 aliphatic carbocycles. The normalized spacial score (nSPS) is 13.3. The summed E-state index contributed by atoms with van der Waals surface area (Å²) in [5.41, 5.74) is -1.68. The van der Waals surface area contributed by atoms with Crippen LogP contribution in [-0.2, 0) is 10.4 Å². The fraction of sp³-hybridized carbons (Fsp3) is 0.100. The molecule has 1 atom stereocenters. The molecule has 0 aliphatic heterocycles. The standard InChI is InChI=1S/C20H16O5/c21-18(22)12-20(25,17-10-4-3-9-15(17)19(23)24)16-11-5-7-13-6-1-2-8-14(13)16/h1-11,25H,12H2,(H,21,22)(H,23,24)/t20-/m1/s1. The van der Waals surface area contributed by atoms with Gasteiger partial charge in [0.1, 0.15) is 5.60 Å². The van der Waals surface area contributed by atoms with Crippen molar-refractivity contribution >= 4 is 22.7 Å². The molecule has 126 valence electrons. The van der Waals surface area contributed by atoms with Gasteiger partial charge in [-0.3, -0.25) is 4.79 Å². The van der Waals surface area contributed by atoms with Gasteiger partial charge in [-0.2, -0.15) is 0 Å². The van der Waals surface area contributed by atoms with Crippen molar-refractivity contribution in [1.82, 2.24) is 0 Å². The molecule has 0 heterocycles. The van der Waals surface area contributed by atoms with Crippen molar-refractivity contribution in [2.45, 2.75) is 12.0 Å². The van der Waals surface area contributed by atoms with Crippen LogP contribution < -0.4 is 0 Å². The molecule has 0 unspecified atom stereocenters. The summed E-state index contributed by atoms with van der Waals surface area (Å²) in [4.78, 5) is 23.1. The van der Waals surface area contributed by atoms with Gasteiger partial charge in [-0.05, 0) is 22.4 Å². The van der Waals surface area contributed by atoms with Gasteiger partial charge in [-0.25, -0.2) is 4.79 Å². The van der Waals surface area contributed by atoms with E-state index in [9.17, 15) is 24.9 Å². The first kappa shape index (κ1) is 16.7. The van der Waals surface area contributed by atoms with Crippen LogP contribution in [0.5, 0.6) is 0 Å². The van der Waals surface area contributed by atoms with Gasteiger partial charge in [0.05, 0.1) is 12.0 Å². The van der Waals surface area contributed by atoms with Gasteiger partial charge in [0, 0.05) is 5.56 Å². The highest BCUT2D eigenvalue weighted by molar-refractivity contribution is 5.92. The molecule has 0 radical (unpaired) electrons. The Labute approximate surface area is 143 Å². The van der Waals surface area contributed by atoms with Crippen molar-refractivity contribution < 1.29 is 24.9 Å². The zero-order valence-electron chi connectivity index (χ0n) is 13.2. The Hall–Kier alpha value is -3.18. The van der Waals surface area contributed by atoms with E-state index < -0.39 is 24.0 Å². The van der Waals surface area contributed by atoms with Gasteiger partial charge in [0.25, 0.3) is 0 Å². The van der Waals surface area contributed by atoms with Crippen LogP contribution in [0.15, 0.2) is 66.7 Å². The van der Waals surface area contributed by atoms with E-state index in [1.54, 1.807) is 30.3 Å². The van der Waals surface area contributed by atoms with Crippen LogP contribution in [0, 0.1) is 0 Å². The average Bonchev–Trinajstić information content (AvgIpc) is 2.60. The molecule has 0 bridgehead atoms. The number of fused-ring (bicyclic) bond motifs is 1. The Morgan fingerprint density at radius 1 is 0.800 bits per heavy atom. The molecule has 5 heteroatoms. The second-order valence-electron chi connectivity index (χ2n) is 5.81. The number of aliphatic carboxylic acids is 1. The highest BCUT2D eigenvalue weighted by Crippen LogP contribution is 2.38. The number of carboxylic acids is 2. The predicted octanol–water partition coefficient (Wildman–Crippen LogP) is 3.25. The molecular weight excluding hydrogens is 320 g/mol. The largest absolute Gasteiger partial charge is 0.481 e. The molecule has 3 aromatic carbocycles. The van der Waals surface area contributed by atoms with Gasteiger partial charge in [-0.15, -0.1) is 0 Å². The summed E-state index contributed by atoms with van der Waals surface area (Å²) in [6.45, 7) is 0. The first-order chi connectivity index (χ1) is 11.9. The number of aliphatic hydroxyl groups is 1. The van der Waals surface area contributed by atoms with Gasteiger partial charge in [-0.1, -0.05) is 60.7 Å². The van der Waals surface area contributed by atoms with Crippen LogP contribution in [0.4, 0.5) is 0 Å². The lowest BCUT2D eigenvalue weighted by atomic mass is 9.79. The summed E-state index contributed by atoms with van der Waals surface area (Å²) in [5, 5.41) is 31.7. The van der Waals surface area contributed by atoms with Gasteiger partial charge in [0.2, 0.25) is 0 Å². The van der Waals surface area contributed by atoms with E-state index in [0.717, 1.165) is 5.39 Å². The fourth-order valence-electron chi connectivity index (χ4n) is 3.17. The third kappa shape index (κ3) is 2.97. The molecule has 3 N–H and O–H groups in total. The van der Waals surface area contributed by atoms with E-state index in [2.05, 4.69) is 0 Å². The Morgan fingerprint density at radius 2 is 1.40 bits per heavy atom. The predicted molar refractivity (Wildman–Crippen MR) is 92.6 cm³/mol. The second-order valence-corrected chi connectivity index (χ2v) is 5.81. The monoisotopic (exact) mass is 336 g/mol. The minimum absolute atomic E-state index is 0.0567. The summed E-state index contributed by atoms with van der Waals surface area (Å²) < 4.78 is 0. The lowest BCUT2D eigenvalue weighted by Gasteiger charge is -2.30. The lowest BCUT2D eigenvalue weighted by molar-refractivity contribution is -0.141. The van der Waals surface area contributed by atoms with Crippen molar-refractivity contribution in [1.29, 1.82) is 0 Å². The topological polar surface area (TPSA) is 94.8 Å². The van der Waals surface area contributed by atoms with Crippen LogP contribution in [0.1, 0.15) is 27.9 Å². The van der Waals surface area contributed by atoms with E-state index in [1.807, 2.05) is 18.2 Å². The number of rotatable bonds is 5. The first-order valence-electron chi connectivity index (χ1n) is 7.68. The highest BCUT2D eigenvalue weighted by Gasteiger charge is 2.38. The molecule has 0 spiro atoms. The van der Waals surface area contributed by atoms with Gasteiger partial charge in [0.15, 0.2) is 0 Å². The molecule has 0 amide bonds.